The molecule has 0 radical (unpaired) electrons. The molecule has 0 spiro atoms. The number of unbranched alkanes of at least 4 members (excludes halogenated alkanes) is 2. The predicted octanol–water partition coefficient (Wildman–Crippen LogP) is 6.22. The number of aryl methyl sites for hydroxylation is 1. The highest BCUT2D eigenvalue weighted by Gasteiger charge is 2.11. The maximum absolute atomic E-state index is 13.5. The molecule has 1 heterocycles. The van der Waals surface area contributed by atoms with E-state index in [2.05, 4.69) is 53.3 Å². The molecule has 190 valence electrons. The summed E-state index contributed by atoms with van der Waals surface area (Å²) in [4.78, 5) is 18.4. The van der Waals surface area contributed by atoms with E-state index in [9.17, 15) is 9.18 Å². The highest BCUT2D eigenvalue weighted by Crippen LogP contribution is 2.14. The number of benzene rings is 2. The summed E-state index contributed by atoms with van der Waals surface area (Å²) in [5.74, 6) is -0.237. The number of carbonyl (C=O) groups is 1. The Labute approximate surface area is 215 Å². The summed E-state index contributed by atoms with van der Waals surface area (Å²) in [5.41, 5.74) is 4.60. The van der Waals surface area contributed by atoms with Gasteiger partial charge in [-0.05, 0) is 86.1 Å². The van der Waals surface area contributed by atoms with Crippen LogP contribution >= 0.6 is 0 Å². The van der Waals surface area contributed by atoms with E-state index in [-0.39, 0.29) is 11.7 Å². The van der Waals surface area contributed by atoms with Crippen molar-refractivity contribution < 1.29 is 9.18 Å². The Hall–Kier alpha value is -3.31. The molecule has 5 heteroatoms. The smallest absolute Gasteiger partial charge is 0.243 e. The average molecular weight is 488 g/mol. The zero-order valence-corrected chi connectivity index (χ0v) is 21.5. The van der Waals surface area contributed by atoms with Gasteiger partial charge in [0.15, 0.2) is 0 Å². The lowest BCUT2D eigenvalue weighted by Crippen LogP contribution is -2.32. The molecule has 0 saturated heterocycles. The number of nitrogens with zero attached hydrogens (tertiary/aromatic N) is 2. The van der Waals surface area contributed by atoms with Crippen molar-refractivity contribution in [3.63, 3.8) is 0 Å². The van der Waals surface area contributed by atoms with Crippen molar-refractivity contribution in [2.75, 3.05) is 13.1 Å². The minimum atomic E-state index is -0.169. The molecule has 36 heavy (non-hydrogen) atoms. The van der Waals surface area contributed by atoms with Gasteiger partial charge in [-0.25, -0.2) is 4.39 Å². The van der Waals surface area contributed by atoms with Crippen molar-refractivity contribution in [1.29, 1.82) is 0 Å². The highest BCUT2D eigenvalue weighted by molar-refractivity contribution is 5.91. The third-order valence-electron chi connectivity index (χ3n) is 6.27. The third-order valence-corrected chi connectivity index (χ3v) is 6.27. The summed E-state index contributed by atoms with van der Waals surface area (Å²) < 4.78 is 13.5. The number of nitrogens with one attached hydrogen (secondary N) is 1. The standard InChI is InChI=1S/C31H38FN3O/c1-25(2)35(21-18-27-9-6-11-30(32)22-27)24-29-14-12-26(13-15-29)8-4-3-5-20-34-31(36)17-16-28-10-7-19-33-23-28/h6-7,9-17,19,22-23,25H,3-5,8,18,20-21,24H2,1-2H3,(H,34,36)/b17-16+. The van der Waals surface area contributed by atoms with Crippen LogP contribution in [-0.2, 0) is 24.2 Å². The van der Waals surface area contributed by atoms with Crippen molar-refractivity contribution in [2.45, 2.75) is 58.5 Å². The van der Waals surface area contributed by atoms with Crippen LogP contribution in [0.5, 0.6) is 0 Å². The second kappa shape index (κ2) is 14.9. The van der Waals surface area contributed by atoms with Gasteiger partial charge in [0.2, 0.25) is 5.91 Å². The van der Waals surface area contributed by atoms with Crippen LogP contribution in [0.4, 0.5) is 4.39 Å². The van der Waals surface area contributed by atoms with Gasteiger partial charge in [-0.15, -0.1) is 0 Å². The maximum Gasteiger partial charge on any atom is 0.243 e. The van der Waals surface area contributed by atoms with Gasteiger partial charge in [0.25, 0.3) is 0 Å². The topological polar surface area (TPSA) is 45.2 Å². The van der Waals surface area contributed by atoms with Crippen LogP contribution in [0.3, 0.4) is 0 Å². The van der Waals surface area contributed by atoms with Crippen molar-refractivity contribution in [1.82, 2.24) is 15.2 Å². The molecule has 4 nitrogen and oxygen atoms in total. The Bertz CT molecular complexity index is 1080. The second-order valence-corrected chi connectivity index (χ2v) is 9.48. The molecular weight excluding hydrogens is 449 g/mol. The number of carbonyl (C=O) groups excluding carboxylic acids is 1. The van der Waals surface area contributed by atoms with Gasteiger partial charge in [-0.1, -0.05) is 48.9 Å². The Morgan fingerprint density at radius 3 is 2.50 bits per heavy atom. The summed E-state index contributed by atoms with van der Waals surface area (Å²) in [6, 6.07) is 20.0. The first kappa shape index (κ1) is 27.3. The van der Waals surface area contributed by atoms with Gasteiger partial charge < -0.3 is 5.32 Å². The number of hydrogen-bond acceptors (Lipinski definition) is 3. The van der Waals surface area contributed by atoms with Crippen LogP contribution in [0, 0.1) is 5.82 Å². The molecule has 0 aliphatic carbocycles. The van der Waals surface area contributed by atoms with Crippen LogP contribution in [0.2, 0.25) is 0 Å². The molecule has 1 aromatic heterocycles. The van der Waals surface area contributed by atoms with Crippen molar-refractivity contribution >= 4 is 12.0 Å². The quantitative estimate of drug-likeness (QED) is 0.217. The van der Waals surface area contributed by atoms with Gasteiger partial charge in [0, 0.05) is 44.1 Å². The van der Waals surface area contributed by atoms with Crippen LogP contribution in [0.1, 0.15) is 55.4 Å². The number of amides is 1. The van der Waals surface area contributed by atoms with Gasteiger partial charge in [-0.2, -0.15) is 0 Å². The van der Waals surface area contributed by atoms with Gasteiger partial charge in [0.05, 0.1) is 0 Å². The lowest BCUT2D eigenvalue weighted by atomic mass is 10.0. The first-order chi connectivity index (χ1) is 17.5. The molecule has 0 bridgehead atoms. The van der Waals surface area contributed by atoms with Crippen LogP contribution in [-0.4, -0.2) is 34.9 Å². The van der Waals surface area contributed by atoms with E-state index >= 15 is 0 Å². The zero-order valence-electron chi connectivity index (χ0n) is 21.5. The van der Waals surface area contributed by atoms with Crippen molar-refractivity contribution in [3.8, 4) is 0 Å². The number of hydrogen-bond donors (Lipinski definition) is 1. The maximum atomic E-state index is 13.5. The fourth-order valence-electron chi connectivity index (χ4n) is 4.08. The van der Waals surface area contributed by atoms with Crippen LogP contribution in [0.25, 0.3) is 6.08 Å². The van der Waals surface area contributed by atoms with E-state index < -0.39 is 0 Å². The molecule has 0 unspecified atom stereocenters. The second-order valence-electron chi connectivity index (χ2n) is 9.48. The first-order valence-corrected chi connectivity index (χ1v) is 12.9. The Morgan fingerprint density at radius 1 is 0.972 bits per heavy atom. The van der Waals surface area contributed by atoms with Crippen molar-refractivity contribution in [3.05, 3.63) is 107 Å². The first-order valence-electron chi connectivity index (χ1n) is 12.9. The molecule has 3 aromatic rings. The molecule has 1 N–H and O–H groups in total. The Kier molecular flexibility index (Phi) is 11.3. The third kappa shape index (κ3) is 10.1. The molecule has 0 aliphatic rings. The molecule has 0 atom stereocenters. The lowest BCUT2D eigenvalue weighted by molar-refractivity contribution is -0.116. The summed E-state index contributed by atoms with van der Waals surface area (Å²) >= 11 is 0. The van der Waals surface area contributed by atoms with E-state index in [0.717, 1.165) is 56.3 Å². The molecule has 2 aromatic carbocycles. The molecule has 0 aliphatic heterocycles. The van der Waals surface area contributed by atoms with E-state index in [1.807, 2.05) is 18.2 Å². The highest BCUT2D eigenvalue weighted by atomic mass is 19.1. The van der Waals surface area contributed by atoms with E-state index in [1.165, 1.54) is 17.2 Å². The number of aromatic nitrogens is 1. The van der Waals surface area contributed by atoms with Gasteiger partial charge in [0.1, 0.15) is 5.82 Å². The summed E-state index contributed by atoms with van der Waals surface area (Å²) in [7, 11) is 0. The lowest BCUT2D eigenvalue weighted by Gasteiger charge is -2.26. The molecule has 3 rings (SSSR count). The molecule has 1 amide bonds. The van der Waals surface area contributed by atoms with E-state index in [4.69, 9.17) is 0 Å². The molecular formula is C31H38FN3O. The monoisotopic (exact) mass is 487 g/mol. The SMILES string of the molecule is CC(C)N(CCc1cccc(F)c1)Cc1ccc(CCCCCNC(=O)/C=C/c2cccnc2)cc1. The Morgan fingerprint density at radius 2 is 1.78 bits per heavy atom. The normalized spacial score (nSPS) is 11.5. The fraction of sp³-hybridized carbons (Fsp3) is 0.355. The minimum absolute atomic E-state index is 0.0687. The molecule has 0 saturated carbocycles. The average Bonchev–Trinajstić information content (AvgIpc) is 2.88. The van der Waals surface area contributed by atoms with E-state index in [0.29, 0.717) is 12.6 Å². The van der Waals surface area contributed by atoms with E-state index in [1.54, 1.807) is 36.7 Å². The number of rotatable bonds is 14. The van der Waals surface area contributed by atoms with Crippen LogP contribution in [0.15, 0.2) is 79.1 Å². The van der Waals surface area contributed by atoms with Gasteiger partial charge in [-0.3, -0.25) is 14.7 Å². The summed E-state index contributed by atoms with van der Waals surface area (Å²) in [6.07, 6.45) is 11.8. The summed E-state index contributed by atoms with van der Waals surface area (Å²) in [6.45, 7) is 6.90. The van der Waals surface area contributed by atoms with Crippen LogP contribution < -0.4 is 5.32 Å². The fourth-order valence-corrected chi connectivity index (χ4v) is 4.08. The number of halogens is 1. The number of pyridine rings is 1. The zero-order chi connectivity index (χ0) is 25.6. The predicted molar refractivity (Wildman–Crippen MR) is 146 cm³/mol. The Balaban J connectivity index is 1.33. The van der Waals surface area contributed by atoms with Crippen molar-refractivity contribution in [2.24, 2.45) is 0 Å². The summed E-state index contributed by atoms with van der Waals surface area (Å²) in [5, 5.41) is 2.94. The largest absolute Gasteiger partial charge is 0.353 e. The minimum Gasteiger partial charge on any atom is -0.353 e. The molecule has 0 fully saturated rings. The van der Waals surface area contributed by atoms with Gasteiger partial charge >= 0.3 is 0 Å².